The van der Waals surface area contributed by atoms with Crippen LogP contribution in [0.1, 0.15) is 19.8 Å². The highest BCUT2D eigenvalue weighted by Crippen LogP contribution is 2.30. The van der Waals surface area contributed by atoms with E-state index in [9.17, 15) is 9.59 Å². The summed E-state index contributed by atoms with van der Waals surface area (Å²) in [5, 5.41) is 8.65. The Hall–Kier alpha value is -1.14. The first-order chi connectivity index (χ1) is 8.06. The van der Waals surface area contributed by atoms with Crippen LogP contribution in [0.2, 0.25) is 0 Å². The molecule has 4 nitrogen and oxygen atoms in total. The highest BCUT2D eigenvalue weighted by atomic mass is 32.2. The summed E-state index contributed by atoms with van der Waals surface area (Å²) in [6, 6.07) is 0. The number of hydrogen-bond acceptors (Lipinski definition) is 4. The Labute approximate surface area is 109 Å². The molecular formula is C11H13NO3S2. The van der Waals surface area contributed by atoms with Crippen LogP contribution in [0.4, 0.5) is 0 Å². The Morgan fingerprint density at radius 1 is 1.59 bits per heavy atom. The van der Waals surface area contributed by atoms with Gasteiger partial charge in [-0.15, -0.1) is 0 Å². The fourth-order valence-corrected chi connectivity index (χ4v) is 2.41. The molecule has 1 amide bonds. The number of allylic oxidation sites excluding steroid dienone is 3. The van der Waals surface area contributed by atoms with Crippen molar-refractivity contribution in [1.29, 1.82) is 0 Å². The van der Waals surface area contributed by atoms with Gasteiger partial charge in [-0.25, -0.2) is 0 Å². The fraction of sp³-hybridized carbons (Fsp3) is 0.364. The topological polar surface area (TPSA) is 57.6 Å². The summed E-state index contributed by atoms with van der Waals surface area (Å²) in [5.74, 6) is -1.40. The molecule has 1 rings (SSSR count). The molecule has 0 radical (unpaired) electrons. The van der Waals surface area contributed by atoms with Crippen molar-refractivity contribution in [3.8, 4) is 0 Å². The Morgan fingerprint density at radius 3 is 2.88 bits per heavy atom. The Kier molecular flexibility index (Phi) is 5.37. The molecule has 0 aromatic carbocycles. The number of thiocarbonyl (C=S) groups is 1. The number of nitrogens with zero attached hydrogens (tertiary/aromatic N) is 1. The fourth-order valence-electron chi connectivity index (χ4n) is 1.20. The Morgan fingerprint density at radius 2 is 2.29 bits per heavy atom. The second kappa shape index (κ2) is 6.56. The molecule has 0 spiro atoms. The Balaban J connectivity index is 2.70. The van der Waals surface area contributed by atoms with E-state index in [1.165, 1.54) is 0 Å². The predicted octanol–water partition coefficient (Wildman–Crippen LogP) is 2.17. The summed E-state index contributed by atoms with van der Waals surface area (Å²) in [6.07, 6.45) is 7.44. The highest BCUT2D eigenvalue weighted by Gasteiger charge is 2.32. The molecule has 92 valence electrons. The van der Waals surface area contributed by atoms with Crippen molar-refractivity contribution < 1.29 is 14.7 Å². The van der Waals surface area contributed by atoms with Gasteiger partial charge in [-0.05, 0) is 12.5 Å². The number of hydrogen-bond donors (Lipinski definition) is 1. The maximum atomic E-state index is 11.8. The van der Waals surface area contributed by atoms with Crippen molar-refractivity contribution in [3.05, 3.63) is 23.1 Å². The van der Waals surface area contributed by atoms with E-state index in [2.05, 4.69) is 6.92 Å². The van der Waals surface area contributed by atoms with E-state index in [4.69, 9.17) is 17.3 Å². The van der Waals surface area contributed by atoms with Gasteiger partial charge in [-0.1, -0.05) is 49.5 Å². The first-order valence-corrected chi connectivity index (χ1v) is 6.41. The van der Waals surface area contributed by atoms with Gasteiger partial charge in [-0.2, -0.15) is 0 Å². The SMILES string of the molecule is CCCC=CC=C1SC(=S)N(CC(=O)O)C1=O. The van der Waals surface area contributed by atoms with E-state index in [0.29, 0.717) is 9.23 Å². The molecule has 0 saturated carbocycles. The maximum Gasteiger partial charge on any atom is 0.323 e. The predicted molar refractivity (Wildman–Crippen MR) is 71.7 cm³/mol. The van der Waals surface area contributed by atoms with E-state index >= 15 is 0 Å². The van der Waals surface area contributed by atoms with Gasteiger partial charge in [0.2, 0.25) is 0 Å². The zero-order chi connectivity index (χ0) is 12.8. The van der Waals surface area contributed by atoms with Gasteiger partial charge in [0.15, 0.2) is 0 Å². The average Bonchev–Trinajstić information content (AvgIpc) is 2.52. The lowest BCUT2D eigenvalue weighted by molar-refractivity contribution is -0.140. The first kappa shape index (κ1) is 13.9. The van der Waals surface area contributed by atoms with Gasteiger partial charge in [0.1, 0.15) is 10.9 Å². The molecule has 0 aromatic heterocycles. The van der Waals surface area contributed by atoms with E-state index in [1.54, 1.807) is 12.2 Å². The monoisotopic (exact) mass is 271 g/mol. The number of unbranched alkanes of at least 4 members (excludes halogenated alkanes) is 1. The minimum Gasteiger partial charge on any atom is -0.480 e. The molecule has 1 heterocycles. The van der Waals surface area contributed by atoms with E-state index in [0.717, 1.165) is 29.5 Å². The minimum atomic E-state index is -1.07. The molecule has 1 aliphatic rings. The quantitative estimate of drug-likeness (QED) is 0.613. The zero-order valence-corrected chi connectivity index (χ0v) is 11.0. The van der Waals surface area contributed by atoms with Crippen molar-refractivity contribution in [2.24, 2.45) is 0 Å². The van der Waals surface area contributed by atoms with Gasteiger partial charge in [-0.3, -0.25) is 14.5 Å². The van der Waals surface area contributed by atoms with Gasteiger partial charge in [0.25, 0.3) is 5.91 Å². The molecule has 1 N–H and O–H groups in total. The average molecular weight is 271 g/mol. The third kappa shape index (κ3) is 3.98. The number of amides is 1. The number of carbonyl (C=O) groups excluding carboxylic acids is 1. The molecule has 0 unspecified atom stereocenters. The lowest BCUT2D eigenvalue weighted by atomic mass is 10.3. The summed E-state index contributed by atoms with van der Waals surface area (Å²) in [6.45, 7) is 1.69. The van der Waals surface area contributed by atoms with Crippen molar-refractivity contribution in [1.82, 2.24) is 4.90 Å². The number of carboxylic acid groups (broad SMARTS) is 1. The second-order valence-corrected chi connectivity index (χ2v) is 5.08. The number of carboxylic acids is 1. The van der Waals surface area contributed by atoms with Gasteiger partial charge < -0.3 is 5.11 Å². The molecule has 0 aromatic rings. The molecule has 1 aliphatic heterocycles. The maximum absolute atomic E-state index is 11.8. The van der Waals surface area contributed by atoms with E-state index < -0.39 is 5.97 Å². The Bertz CT molecular complexity index is 402. The summed E-state index contributed by atoms with van der Waals surface area (Å²) in [5.41, 5.74) is 0. The summed E-state index contributed by atoms with van der Waals surface area (Å²) < 4.78 is 0.299. The molecule has 0 aliphatic carbocycles. The molecule has 17 heavy (non-hydrogen) atoms. The zero-order valence-electron chi connectivity index (χ0n) is 9.38. The van der Waals surface area contributed by atoms with Crippen LogP contribution in [0.25, 0.3) is 0 Å². The van der Waals surface area contributed by atoms with Crippen LogP contribution in [0, 0.1) is 0 Å². The van der Waals surface area contributed by atoms with Crippen LogP contribution in [0.15, 0.2) is 23.1 Å². The van der Waals surface area contributed by atoms with Gasteiger partial charge in [0.05, 0.1) is 4.91 Å². The van der Waals surface area contributed by atoms with Crippen LogP contribution in [0.3, 0.4) is 0 Å². The van der Waals surface area contributed by atoms with Crippen LogP contribution in [-0.2, 0) is 9.59 Å². The molecule has 6 heteroatoms. The van der Waals surface area contributed by atoms with Crippen molar-refractivity contribution in [2.45, 2.75) is 19.8 Å². The van der Waals surface area contributed by atoms with Crippen molar-refractivity contribution >= 4 is 40.2 Å². The third-order valence-corrected chi connectivity index (χ3v) is 3.40. The van der Waals surface area contributed by atoms with Gasteiger partial charge in [0, 0.05) is 0 Å². The minimum absolute atomic E-state index is 0.299. The number of aliphatic carboxylic acids is 1. The largest absolute Gasteiger partial charge is 0.480 e. The highest BCUT2D eigenvalue weighted by molar-refractivity contribution is 8.26. The first-order valence-electron chi connectivity index (χ1n) is 5.18. The normalized spacial score (nSPS) is 18.6. The van der Waals surface area contributed by atoms with Crippen molar-refractivity contribution in [3.63, 3.8) is 0 Å². The smallest absolute Gasteiger partial charge is 0.323 e. The standard InChI is InChI=1S/C11H13NO3S2/c1-2-3-4-5-6-8-10(15)12(7-9(13)14)11(16)17-8/h4-6H,2-3,7H2,1H3,(H,13,14). The molecular weight excluding hydrogens is 258 g/mol. The number of carbonyl (C=O) groups is 2. The lowest BCUT2D eigenvalue weighted by Gasteiger charge is -2.09. The second-order valence-electron chi connectivity index (χ2n) is 3.40. The summed E-state index contributed by atoms with van der Waals surface area (Å²) in [4.78, 5) is 23.9. The molecule has 0 atom stereocenters. The summed E-state index contributed by atoms with van der Waals surface area (Å²) >= 11 is 6.09. The summed E-state index contributed by atoms with van der Waals surface area (Å²) in [7, 11) is 0. The number of rotatable bonds is 5. The molecule has 1 fully saturated rings. The third-order valence-electron chi connectivity index (χ3n) is 2.01. The van der Waals surface area contributed by atoms with Crippen LogP contribution in [-0.4, -0.2) is 32.7 Å². The van der Waals surface area contributed by atoms with Crippen LogP contribution < -0.4 is 0 Å². The van der Waals surface area contributed by atoms with Crippen LogP contribution >= 0.6 is 24.0 Å². The molecule has 1 saturated heterocycles. The number of thioether (sulfide) groups is 1. The van der Waals surface area contributed by atoms with E-state index in [1.807, 2.05) is 6.08 Å². The van der Waals surface area contributed by atoms with Crippen LogP contribution in [0.5, 0.6) is 0 Å². The van der Waals surface area contributed by atoms with Crippen molar-refractivity contribution in [2.75, 3.05) is 6.54 Å². The van der Waals surface area contributed by atoms with Gasteiger partial charge >= 0.3 is 5.97 Å². The lowest BCUT2D eigenvalue weighted by Crippen LogP contribution is -2.33. The van der Waals surface area contributed by atoms with E-state index in [-0.39, 0.29) is 12.5 Å². The molecule has 0 bridgehead atoms.